The maximum absolute atomic E-state index is 11.8. The Morgan fingerprint density at radius 1 is 1.53 bits per heavy atom. The zero-order valence-electron chi connectivity index (χ0n) is 10.6. The van der Waals surface area contributed by atoms with Gasteiger partial charge in [0, 0.05) is 19.5 Å². The molecule has 0 saturated carbocycles. The van der Waals surface area contributed by atoms with Crippen molar-refractivity contribution in [2.45, 2.75) is 25.8 Å². The van der Waals surface area contributed by atoms with Gasteiger partial charge in [0.05, 0.1) is 12.3 Å². The smallest absolute Gasteiger partial charge is 0.326 e. The van der Waals surface area contributed by atoms with Crippen LogP contribution in [0.5, 0.6) is 0 Å². The number of carbonyl (C=O) groups is 4. The summed E-state index contributed by atoms with van der Waals surface area (Å²) in [6.07, 6.45) is -0.415. The zero-order chi connectivity index (χ0) is 14.6. The highest BCUT2D eigenvalue weighted by atomic mass is 16.4. The number of carboxylic acids is 1. The number of carbonyl (C=O) groups excluding carboxylic acids is 3. The minimum Gasteiger partial charge on any atom is -0.480 e. The molecule has 0 aliphatic carbocycles. The number of rotatable bonds is 6. The lowest BCUT2D eigenvalue weighted by atomic mass is 10.1. The Kier molecular flexibility index (Phi) is 4.85. The number of carboxylic acid groups (broad SMARTS) is 1. The fourth-order valence-corrected chi connectivity index (χ4v) is 1.94. The molecule has 1 rings (SSSR count). The number of amides is 3. The van der Waals surface area contributed by atoms with Crippen molar-refractivity contribution in [3.05, 3.63) is 0 Å². The van der Waals surface area contributed by atoms with Crippen LogP contribution in [0.15, 0.2) is 0 Å². The van der Waals surface area contributed by atoms with E-state index < -0.39 is 36.2 Å². The maximum atomic E-state index is 11.8. The van der Waals surface area contributed by atoms with Crippen molar-refractivity contribution < 1.29 is 24.3 Å². The van der Waals surface area contributed by atoms with Crippen LogP contribution in [0.4, 0.5) is 0 Å². The minimum absolute atomic E-state index is 0.0581. The van der Waals surface area contributed by atoms with E-state index in [9.17, 15) is 19.2 Å². The number of likely N-dealkylation sites (tertiary alicyclic amines) is 1. The lowest BCUT2D eigenvalue weighted by Gasteiger charge is -2.16. The molecule has 106 valence electrons. The van der Waals surface area contributed by atoms with Crippen molar-refractivity contribution >= 4 is 23.7 Å². The largest absolute Gasteiger partial charge is 0.480 e. The second-order valence-electron chi connectivity index (χ2n) is 4.40. The number of aliphatic carboxylic acids is 1. The molecule has 2 atom stereocenters. The summed E-state index contributed by atoms with van der Waals surface area (Å²) in [7, 11) is 0. The van der Waals surface area contributed by atoms with Crippen LogP contribution in [0.25, 0.3) is 0 Å². The number of nitrogens with two attached hydrogens (primary N) is 1. The second-order valence-corrected chi connectivity index (χ2v) is 4.40. The van der Waals surface area contributed by atoms with Crippen molar-refractivity contribution in [2.24, 2.45) is 11.7 Å². The fraction of sp³-hybridized carbons (Fsp3) is 0.636. The van der Waals surface area contributed by atoms with Crippen LogP contribution in [0, 0.1) is 5.92 Å². The molecular formula is C11H17N3O5. The number of nitrogens with one attached hydrogen (secondary N) is 1. The number of primary amides is 1. The lowest BCUT2D eigenvalue weighted by Crippen LogP contribution is -2.46. The van der Waals surface area contributed by atoms with E-state index in [1.165, 1.54) is 4.90 Å². The number of hydrogen-bond donors (Lipinski definition) is 3. The van der Waals surface area contributed by atoms with Gasteiger partial charge in [-0.25, -0.2) is 4.79 Å². The zero-order valence-corrected chi connectivity index (χ0v) is 10.6. The molecule has 0 radical (unpaired) electrons. The van der Waals surface area contributed by atoms with Gasteiger partial charge in [0.25, 0.3) is 0 Å². The van der Waals surface area contributed by atoms with Crippen LogP contribution >= 0.6 is 0 Å². The molecule has 19 heavy (non-hydrogen) atoms. The highest BCUT2D eigenvalue weighted by Crippen LogP contribution is 2.17. The standard InChI is InChI=1S/C11H17N3O5/c1-2-14-5-6(3-9(14)16)10(17)13-7(11(18)19)4-8(12)15/h6-7H,2-5H2,1H3,(H2,12,15)(H,13,17)(H,18,19)/t6?,7-/m1/s1. The van der Waals surface area contributed by atoms with Gasteiger partial charge in [0.15, 0.2) is 0 Å². The van der Waals surface area contributed by atoms with Crippen LogP contribution in [-0.4, -0.2) is 52.8 Å². The first kappa shape index (κ1) is 14.9. The SMILES string of the molecule is CCN1CC(C(=O)N[C@H](CC(N)=O)C(=O)O)CC1=O. The third-order valence-electron chi connectivity index (χ3n) is 2.99. The van der Waals surface area contributed by atoms with Gasteiger partial charge in [-0.1, -0.05) is 0 Å². The Morgan fingerprint density at radius 2 is 2.16 bits per heavy atom. The van der Waals surface area contributed by atoms with Crippen molar-refractivity contribution in [2.75, 3.05) is 13.1 Å². The first-order valence-corrected chi connectivity index (χ1v) is 5.94. The van der Waals surface area contributed by atoms with Crippen LogP contribution in [0.3, 0.4) is 0 Å². The molecule has 0 spiro atoms. The third-order valence-corrected chi connectivity index (χ3v) is 2.99. The molecule has 0 aromatic heterocycles. The lowest BCUT2D eigenvalue weighted by molar-refractivity contribution is -0.143. The summed E-state index contributed by atoms with van der Waals surface area (Å²) in [5, 5.41) is 11.1. The predicted molar refractivity (Wildman–Crippen MR) is 63.7 cm³/mol. The Labute approximate surface area is 109 Å². The summed E-state index contributed by atoms with van der Waals surface area (Å²) in [4.78, 5) is 46.4. The normalized spacial score (nSPS) is 20.2. The summed E-state index contributed by atoms with van der Waals surface area (Å²) in [5.74, 6) is -3.40. The Bertz CT molecular complexity index is 409. The van der Waals surface area contributed by atoms with Crippen molar-refractivity contribution in [1.82, 2.24) is 10.2 Å². The molecule has 1 heterocycles. The summed E-state index contributed by atoms with van der Waals surface area (Å²) in [6.45, 7) is 2.57. The molecule has 8 heteroatoms. The van der Waals surface area contributed by atoms with Gasteiger partial charge in [0.2, 0.25) is 17.7 Å². The summed E-state index contributed by atoms with van der Waals surface area (Å²) < 4.78 is 0. The van der Waals surface area contributed by atoms with E-state index in [4.69, 9.17) is 10.8 Å². The number of nitrogens with zero attached hydrogens (tertiary/aromatic N) is 1. The van der Waals surface area contributed by atoms with Crippen LogP contribution in [0.1, 0.15) is 19.8 Å². The average molecular weight is 271 g/mol. The summed E-state index contributed by atoms with van der Waals surface area (Å²) >= 11 is 0. The van der Waals surface area contributed by atoms with E-state index >= 15 is 0 Å². The Morgan fingerprint density at radius 3 is 2.58 bits per heavy atom. The van der Waals surface area contributed by atoms with E-state index in [0.717, 1.165) is 0 Å². The van der Waals surface area contributed by atoms with Gasteiger partial charge >= 0.3 is 5.97 Å². The van der Waals surface area contributed by atoms with Crippen molar-refractivity contribution in [1.29, 1.82) is 0 Å². The molecule has 1 saturated heterocycles. The molecule has 8 nitrogen and oxygen atoms in total. The van der Waals surface area contributed by atoms with E-state index in [0.29, 0.717) is 6.54 Å². The van der Waals surface area contributed by atoms with E-state index in [1.807, 2.05) is 0 Å². The first-order valence-electron chi connectivity index (χ1n) is 5.94. The van der Waals surface area contributed by atoms with Crippen LogP contribution in [-0.2, 0) is 19.2 Å². The highest BCUT2D eigenvalue weighted by molar-refractivity contribution is 5.92. The highest BCUT2D eigenvalue weighted by Gasteiger charge is 2.35. The molecule has 1 aliphatic heterocycles. The topological polar surface area (TPSA) is 130 Å². The minimum atomic E-state index is -1.35. The molecule has 1 unspecified atom stereocenters. The van der Waals surface area contributed by atoms with E-state index in [2.05, 4.69) is 5.32 Å². The quantitative estimate of drug-likeness (QED) is 0.530. The summed E-state index contributed by atoms with van der Waals surface area (Å²) in [5.41, 5.74) is 4.91. The molecule has 4 N–H and O–H groups in total. The van der Waals surface area contributed by atoms with Gasteiger partial charge < -0.3 is 21.1 Å². The van der Waals surface area contributed by atoms with Crippen molar-refractivity contribution in [3.8, 4) is 0 Å². The first-order chi connectivity index (χ1) is 8.85. The maximum Gasteiger partial charge on any atom is 0.326 e. The predicted octanol–water partition coefficient (Wildman–Crippen LogP) is -1.70. The van der Waals surface area contributed by atoms with Crippen molar-refractivity contribution in [3.63, 3.8) is 0 Å². The molecule has 1 fully saturated rings. The summed E-state index contributed by atoms with van der Waals surface area (Å²) in [6, 6.07) is -1.35. The Balaban J connectivity index is 2.61. The number of hydrogen-bond acceptors (Lipinski definition) is 4. The molecule has 0 bridgehead atoms. The van der Waals surface area contributed by atoms with Gasteiger partial charge in [0.1, 0.15) is 6.04 Å². The van der Waals surface area contributed by atoms with Crippen LogP contribution < -0.4 is 11.1 Å². The molecule has 3 amide bonds. The third kappa shape index (κ3) is 3.94. The van der Waals surface area contributed by atoms with Gasteiger partial charge in [-0.3, -0.25) is 14.4 Å². The van der Waals surface area contributed by atoms with Gasteiger partial charge in [-0.2, -0.15) is 0 Å². The van der Waals surface area contributed by atoms with E-state index in [-0.39, 0.29) is 18.9 Å². The van der Waals surface area contributed by atoms with E-state index in [1.54, 1.807) is 6.92 Å². The average Bonchev–Trinajstić information content (AvgIpc) is 2.69. The molecule has 0 aromatic rings. The monoisotopic (exact) mass is 271 g/mol. The second kappa shape index (κ2) is 6.17. The molecular weight excluding hydrogens is 254 g/mol. The van der Waals surface area contributed by atoms with Gasteiger partial charge in [-0.15, -0.1) is 0 Å². The Hall–Kier alpha value is -2.12. The van der Waals surface area contributed by atoms with Gasteiger partial charge in [-0.05, 0) is 6.92 Å². The fourth-order valence-electron chi connectivity index (χ4n) is 1.94. The molecule has 1 aliphatic rings. The molecule has 0 aromatic carbocycles. The van der Waals surface area contributed by atoms with Crippen LogP contribution in [0.2, 0.25) is 0 Å².